The maximum atomic E-state index is 14.6. The number of rotatable bonds is 6. The van der Waals surface area contributed by atoms with Gasteiger partial charge < -0.3 is 15.6 Å². The Hall–Kier alpha value is -3.47. The number of halogens is 3. The van der Waals surface area contributed by atoms with Crippen molar-refractivity contribution in [3.63, 3.8) is 0 Å². The number of nitrogens with one attached hydrogen (secondary N) is 1. The number of hydrogen-bond acceptors (Lipinski definition) is 6. The van der Waals surface area contributed by atoms with E-state index in [0.717, 1.165) is 0 Å². The largest absolute Gasteiger partial charge is 0.367 e. The highest BCUT2D eigenvalue weighted by molar-refractivity contribution is 5.93. The number of benzene rings is 1. The number of primary amides is 1. The highest BCUT2D eigenvalue weighted by Crippen LogP contribution is 2.26. The summed E-state index contributed by atoms with van der Waals surface area (Å²) in [6, 6.07) is 4.73. The van der Waals surface area contributed by atoms with Crippen LogP contribution in [0.3, 0.4) is 0 Å². The van der Waals surface area contributed by atoms with E-state index in [0.29, 0.717) is 55.2 Å². The monoisotopic (exact) mass is 474 g/mol. The fourth-order valence-corrected chi connectivity index (χ4v) is 4.28. The minimum atomic E-state index is -2.62. The number of alkyl halides is 2. The molecule has 1 aliphatic heterocycles. The number of pyridine rings is 1. The van der Waals surface area contributed by atoms with Crippen LogP contribution in [-0.4, -0.2) is 58.4 Å². The van der Waals surface area contributed by atoms with Crippen molar-refractivity contribution >= 4 is 22.6 Å². The molecule has 0 bridgehead atoms. The zero-order chi connectivity index (χ0) is 24.6. The maximum Gasteiger partial charge on any atom is 0.269 e. The number of nitrogens with zero attached hydrogens (tertiary/aromatic N) is 4. The predicted molar refractivity (Wildman–Crippen MR) is 122 cm³/mol. The zero-order valence-corrected chi connectivity index (χ0v) is 18.9. The molecule has 3 aromatic rings. The second-order valence-electron chi connectivity index (χ2n) is 8.45. The van der Waals surface area contributed by atoms with Gasteiger partial charge in [-0.2, -0.15) is 0 Å². The normalized spacial score (nSPS) is 14.8. The number of nitrogens with two attached hydrogens (primary N) is 1. The first-order valence-corrected chi connectivity index (χ1v) is 10.9. The summed E-state index contributed by atoms with van der Waals surface area (Å²) in [6.07, 6.45) is -3.22. The lowest BCUT2D eigenvalue weighted by Gasteiger charge is -2.37. The maximum absolute atomic E-state index is 14.6. The average molecular weight is 474 g/mol. The number of H-pyrrole nitrogens is 1. The number of aryl methyl sites for hydroxylation is 2. The Balaban J connectivity index is 1.49. The Kier molecular flexibility index (Phi) is 6.56. The topological polar surface area (TPSA) is 108 Å². The van der Waals surface area contributed by atoms with Gasteiger partial charge in [0.1, 0.15) is 16.9 Å². The summed E-state index contributed by atoms with van der Waals surface area (Å²) in [6.45, 7) is 6.20. The third kappa shape index (κ3) is 4.89. The number of fused-ring (bicyclic) bond motifs is 1. The van der Waals surface area contributed by atoms with E-state index in [4.69, 9.17) is 5.73 Å². The van der Waals surface area contributed by atoms with Crippen molar-refractivity contribution in [1.29, 1.82) is 0 Å². The molecule has 4 rings (SSSR count). The van der Waals surface area contributed by atoms with Crippen LogP contribution in [0.15, 0.2) is 23.0 Å². The number of piperazine rings is 1. The lowest BCUT2D eigenvalue weighted by molar-refractivity contribution is 0.0992. The molecule has 8 nitrogen and oxygen atoms in total. The van der Waals surface area contributed by atoms with E-state index in [-0.39, 0.29) is 28.0 Å². The number of carbonyl (C=O) groups excluding carboxylic acids is 1. The van der Waals surface area contributed by atoms with Gasteiger partial charge >= 0.3 is 0 Å². The summed E-state index contributed by atoms with van der Waals surface area (Å²) in [4.78, 5) is 38.6. The van der Waals surface area contributed by atoms with Crippen molar-refractivity contribution in [2.24, 2.45) is 5.73 Å². The van der Waals surface area contributed by atoms with Gasteiger partial charge in [-0.05, 0) is 43.2 Å². The van der Waals surface area contributed by atoms with Crippen LogP contribution in [0.2, 0.25) is 0 Å². The summed E-state index contributed by atoms with van der Waals surface area (Å²) < 4.78 is 40.6. The van der Waals surface area contributed by atoms with Crippen LogP contribution in [0.5, 0.6) is 0 Å². The van der Waals surface area contributed by atoms with Crippen LogP contribution in [0.4, 0.5) is 18.9 Å². The molecule has 34 heavy (non-hydrogen) atoms. The fourth-order valence-electron chi connectivity index (χ4n) is 4.28. The van der Waals surface area contributed by atoms with Crippen molar-refractivity contribution in [3.05, 3.63) is 62.6 Å². The van der Waals surface area contributed by atoms with Gasteiger partial charge in [-0.15, -0.1) is 0 Å². The van der Waals surface area contributed by atoms with Gasteiger partial charge in [0, 0.05) is 39.1 Å². The highest BCUT2D eigenvalue weighted by atomic mass is 19.3. The fraction of sp³-hybridized carbons (Fsp3) is 0.391. The molecule has 0 spiro atoms. The first kappa shape index (κ1) is 23.7. The van der Waals surface area contributed by atoms with Crippen LogP contribution >= 0.6 is 0 Å². The van der Waals surface area contributed by atoms with Gasteiger partial charge in [0.15, 0.2) is 5.82 Å². The molecular formula is C23H25F3N6O2. The third-order valence-corrected chi connectivity index (χ3v) is 5.97. The standard InChI is InChI=1S/C23H25F3N6O2/c1-12-18(9-15(10-19(25)26)20(28-12)22(27)33)32-5-3-31(4-6-32)11-14-7-16(24)21-17(8-14)30-23(34)13(2)29-21/h7-9,19H,3-6,10-11H2,1-2H3,(H2,27,33)(H,30,34). The number of aromatic amines is 1. The van der Waals surface area contributed by atoms with E-state index in [1.54, 1.807) is 19.1 Å². The van der Waals surface area contributed by atoms with Gasteiger partial charge in [-0.1, -0.05) is 0 Å². The molecule has 1 aliphatic rings. The Bertz CT molecular complexity index is 1300. The van der Waals surface area contributed by atoms with Crippen LogP contribution < -0.4 is 16.2 Å². The van der Waals surface area contributed by atoms with Gasteiger partial charge in [0.05, 0.1) is 16.9 Å². The molecule has 11 heteroatoms. The summed E-state index contributed by atoms with van der Waals surface area (Å²) in [5.74, 6) is -1.32. The number of aromatic nitrogens is 3. The number of hydrogen-bond donors (Lipinski definition) is 2. The van der Waals surface area contributed by atoms with E-state index in [2.05, 4.69) is 19.9 Å². The minimum Gasteiger partial charge on any atom is -0.367 e. The molecule has 0 aliphatic carbocycles. The second kappa shape index (κ2) is 9.41. The van der Waals surface area contributed by atoms with E-state index in [1.807, 2.05) is 4.90 Å². The molecule has 3 N–H and O–H groups in total. The second-order valence-corrected chi connectivity index (χ2v) is 8.45. The summed E-state index contributed by atoms with van der Waals surface area (Å²) in [7, 11) is 0. The van der Waals surface area contributed by atoms with Crippen molar-refractivity contribution in [2.45, 2.75) is 33.2 Å². The molecule has 1 amide bonds. The first-order chi connectivity index (χ1) is 16.1. The van der Waals surface area contributed by atoms with Crippen molar-refractivity contribution in [1.82, 2.24) is 19.9 Å². The van der Waals surface area contributed by atoms with E-state index in [1.165, 1.54) is 13.0 Å². The molecule has 0 radical (unpaired) electrons. The molecule has 180 valence electrons. The van der Waals surface area contributed by atoms with E-state index >= 15 is 0 Å². The molecule has 0 unspecified atom stereocenters. The third-order valence-electron chi connectivity index (χ3n) is 5.97. The quantitative estimate of drug-likeness (QED) is 0.568. The van der Waals surface area contributed by atoms with Gasteiger partial charge in [-0.3, -0.25) is 14.5 Å². The first-order valence-electron chi connectivity index (χ1n) is 10.9. The van der Waals surface area contributed by atoms with Crippen molar-refractivity contribution in [2.75, 3.05) is 31.1 Å². The smallest absolute Gasteiger partial charge is 0.269 e. The molecule has 2 aromatic heterocycles. The lowest BCUT2D eigenvalue weighted by atomic mass is 10.1. The molecule has 1 fully saturated rings. The van der Waals surface area contributed by atoms with Gasteiger partial charge in [-0.25, -0.2) is 23.1 Å². The Morgan fingerprint density at radius 1 is 1.12 bits per heavy atom. The Labute approximate surface area is 193 Å². The summed E-state index contributed by atoms with van der Waals surface area (Å²) in [5, 5.41) is 0. The number of anilines is 1. The number of carbonyl (C=O) groups is 1. The Morgan fingerprint density at radius 2 is 1.82 bits per heavy atom. The van der Waals surface area contributed by atoms with Crippen LogP contribution in [0, 0.1) is 19.7 Å². The highest BCUT2D eigenvalue weighted by Gasteiger charge is 2.23. The van der Waals surface area contributed by atoms with Crippen molar-refractivity contribution < 1.29 is 18.0 Å². The minimum absolute atomic E-state index is 0.124. The van der Waals surface area contributed by atoms with Crippen LogP contribution in [-0.2, 0) is 13.0 Å². The van der Waals surface area contributed by atoms with Gasteiger partial charge in [0.25, 0.3) is 11.5 Å². The molecule has 0 saturated carbocycles. The molecule has 1 saturated heterocycles. The SMILES string of the molecule is Cc1nc(C(N)=O)c(CC(F)F)cc1N1CCN(Cc2cc(F)c3nc(C)c(=O)[nH]c3c2)CC1. The molecule has 1 aromatic carbocycles. The van der Waals surface area contributed by atoms with E-state index in [9.17, 15) is 22.8 Å². The zero-order valence-electron chi connectivity index (χ0n) is 18.9. The average Bonchev–Trinajstić information content (AvgIpc) is 2.76. The predicted octanol–water partition coefficient (Wildman–Crippen LogP) is 2.30. The Morgan fingerprint density at radius 3 is 2.47 bits per heavy atom. The van der Waals surface area contributed by atoms with E-state index < -0.39 is 24.6 Å². The molecule has 0 atom stereocenters. The lowest BCUT2D eigenvalue weighted by Crippen LogP contribution is -2.46. The van der Waals surface area contributed by atoms with Crippen LogP contribution in [0.25, 0.3) is 11.0 Å². The van der Waals surface area contributed by atoms with Crippen molar-refractivity contribution in [3.8, 4) is 0 Å². The van der Waals surface area contributed by atoms with Gasteiger partial charge in [0.2, 0.25) is 6.43 Å². The van der Waals surface area contributed by atoms with Crippen LogP contribution in [0.1, 0.15) is 33.0 Å². The molecule has 3 heterocycles. The summed E-state index contributed by atoms with van der Waals surface area (Å²) in [5.41, 5.74) is 7.62. The number of amides is 1. The summed E-state index contributed by atoms with van der Waals surface area (Å²) >= 11 is 0. The molecular weight excluding hydrogens is 449 g/mol.